The van der Waals surface area contributed by atoms with Crippen molar-refractivity contribution in [3.8, 4) is 0 Å². The van der Waals surface area contributed by atoms with E-state index in [1.807, 2.05) is 18.2 Å². The maximum atomic E-state index is 14.9. The minimum Gasteiger partial charge on any atom is -0.481 e. The van der Waals surface area contributed by atoms with Crippen LogP contribution in [0.4, 0.5) is 0 Å². The van der Waals surface area contributed by atoms with Gasteiger partial charge < -0.3 is 78.3 Å². The summed E-state index contributed by atoms with van der Waals surface area (Å²) in [4.78, 5) is 185. The van der Waals surface area contributed by atoms with Gasteiger partial charge in [0.2, 0.25) is 65.0 Å². The number of fused-ring (bicyclic) bond motifs is 2. The Hall–Kier alpha value is -10.9. The van der Waals surface area contributed by atoms with Crippen LogP contribution in [0, 0.1) is 11.8 Å². The maximum absolute atomic E-state index is 14.9. The lowest BCUT2D eigenvalue weighted by molar-refractivity contribution is -0.152. The summed E-state index contributed by atoms with van der Waals surface area (Å²) in [6, 6.07) is 25.7. The molecule has 103 heavy (non-hydrogen) atoms. The molecule has 11 amide bonds. The van der Waals surface area contributed by atoms with Crippen LogP contribution in [0.5, 0.6) is 0 Å². The summed E-state index contributed by atoms with van der Waals surface area (Å²) in [5.41, 5.74) is 11.2. The van der Waals surface area contributed by atoms with Crippen molar-refractivity contribution in [3.63, 3.8) is 0 Å². The van der Waals surface area contributed by atoms with Crippen LogP contribution in [0.25, 0.3) is 0 Å². The largest absolute Gasteiger partial charge is 0.481 e. The zero-order valence-electron chi connectivity index (χ0n) is 58.4. The van der Waals surface area contributed by atoms with Crippen molar-refractivity contribution in [3.05, 3.63) is 178 Å². The van der Waals surface area contributed by atoms with E-state index < -0.39 is 174 Å². The standard InChI is InChI=1S/C75H92N12O16/c1-42(2)62(82-68(95)55(38-61(90)91)80-72(99)64(45(6)88)84-69(96)57-31-20-32-85(57)74(101)63(43(3)4)83-66(93)53(76)33-46-21-10-7-11-22-46)71(98)77-39-60(89)86-40-51-29-18-16-27-49(51)36-58(86)70(97)79-54(34-47-23-12-8-13-24-47)67(94)78-44(5)65(92)81-56(35-48-25-14-9-15-26-48)73(100)87-41-52-30-19-17-28-50(52)37-59(87)75(102)103/h7-19,21-30,42-45,53-59,62-64,88H,20,31-41,76H2,1-6H3,(H,77,98)(H,78,94)(H,79,97)(H,80,99)(H,81,92)(H,82,95)(H,83,93)(H,84,96)(H,90,91)(H,102,103)/t44-,45+,53-,54-,55-,56-,57-,58-,59-,62-,63-,64-/m0/s1. The fourth-order valence-corrected chi connectivity index (χ4v) is 12.9. The monoisotopic (exact) mass is 1420 g/mol. The van der Waals surface area contributed by atoms with E-state index in [1.165, 1.54) is 21.6 Å². The van der Waals surface area contributed by atoms with Crippen molar-refractivity contribution in [2.75, 3.05) is 13.1 Å². The molecule has 1 fully saturated rings. The highest BCUT2D eigenvalue weighted by molar-refractivity contribution is 6.00. The van der Waals surface area contributed by atoms with Crippen LogP contribution in [-0.2, 0) is 108 Å². The van der Waals surface area contributed by atoms with Gasteiger partial charge in [0.25, 0.3) is 0 Å². The SMILES string of the molecule is CC(C)[C@H](NC(=O)[C@H](CC(=O)O)NC(=O)[C@@H](NC(=O)[C@@H]1CCCN1C(=O)[C@@H](NC(=O)[C@@H](N)Cc1ccccc1)C(C)C)[C@@H](C)O)C(=O)NCC(=O)N1Cc2ccccc2C[C@H]1C(=O)N[C@@H](Cc1ccccc1)C(=O)N[C@@H](C)C(=O)N[C@@H](Cc1ccccc1)C(=O)N1Cc2ccccc2C[C@H]1C(=O)O. The summed E-state index contributed by atoms with van der Waals surface area (Å²) < 4.78 is 0. The van der Waals surface area contributed by atoms with Crippen LogP contribution >= 0.6 is 0 Å². The van der Waals surface area contributed by atoms with Crippen LogP contribution in [-0.4, -0.2) is 193 Å². The minimum absolute atomic E-state index is 0.0249. The van der Waals surface area contributed by atoms with Gasteiger partial charge in [0.1, 0.15) is 60.4 Å². The molecule has 3 aliphatic rings. The first-order valence-corrected chi connectivity index (χ1v) is 34.5. The molecule has 12 atom stereocenters. The number of aliphatic hydroxyl groups is 1. The first kappa shape index (κ1) is 77.9. The molecule has 548 valence electrons. The molecule has 0 radical (unpaired) electrons. The Morgan fingerprint density at radius 3 is 1.46 bits per heavy atom. The highest BCUT2D eigenvalue weighted by Crippen LogP contribution is 2.28. The van der Waals surface area contributed by atoms with Gasteiger partial charge in [0, 0.05) is 45.3 Å². The Morgan fingerprint density at radius 1 is 0.447 bits per heavy atom. The van der Waals surface area contributed by atoms with Crippen molar-refractivity contribution in [2.24, 2.45) is 17.6 Å². The molecule has 3 heterocycles. The van der Waals surface area contributed by atoms with E-state index in [0.29, 0.717) is 28.7 Å². The predicted molar refractivity (Wildman–Crippen MR) is 376 cm³/mol. The van der Waals surface area contributed by atoms with Gasteiger partial charge in [-0.3, -0.25) is 57.5 Å². The topological polar surface area (TPSA) is 415 Å². The van der Waals surface area contributed by atoms with Gasteiger partial charge in [-0.05, 0) is 83.9 Å². The number of carboxylic acid groups (broad SMARTS) is 2. The minimum atomic E-state index is -1.92. The molecule has 3 aliphatic heterocycles. The Bertz CT molecular complexity index is 3900. The molecule has 5 aromatic rings. The van der Waals surface area contributed by atoms with E-state index in [1.54, 1.807) is 149 Å². The van der Waals surface area contributed by atoms with Crippen molar-refractivity contribution in [1.82, 2.24) is 57.2 Å². The second-order valence-electron chi connectivity index (χ2n) is 27.1. The molecule has 5 aromatic carbocycles. The highest BCUT2D eigenvalue weighted by atomic mass is 16.4. The number of hydrogen-bond acceptors (Lipinski definition) is 15. The van der Waals surface area contributed by atoms with Crippen molar-refractivity contribution < 1.29 is 77.6 Å². The Kier molecular flexibility index (Phi) is 27.3. The molecule has 1 saturated heterocycles. The third-order valence-electron chi connectivity index (χ3n) is 18.7. The molecule has 0 saturated carbocycles. The zero-order chi connectivity index (χ0) is 74.8. The number of carbonyl (C=O) groups excluding carboxylic acids is 11. The van der Waals surface area contributed by atoms with Crippen LogP contribution in [0.3, 0.4) is 0 Å². The summed E-state index contributed by atoms with van der Waals surface area (Å²) in [5, 5.41) is 51.9. The van der Waals surface area contributed by atoms with Gasteiger partial charge >= 0.3 is 11.9 Å². The number of hydrogen-bond donors (Lipinski definition) is 12. The molecular formula is C75H92N12O16. The molecular weight excluding hydrogens is 1320 g/mol. The van der Waals surface area contributed by atoms with Gasteiger partial charge in [-0.25, -0.2) is 4.79 Å². The summed E-state index contributed by atoms with van der Waals surface area (Å²) in [7, 11) is 0. The quantitative estimate of drug-likeness (QED) is 0.0291. The van der Waals surface area contributed by atoms with Crippen molar-refractivity contribution in [2.45, 2.75) is 179 Å². The molecule has 0 aliphatic carbocycles. The van der Waals surface area contributed by atoms with Gasteiger partial charge in [0.15, 0.2) is 0 Å². The molecule has 8 rings (SSSR count). The van der Waals surface area contributed by atoms with Gasteiger partial charge in [-0.15, -0.1) is 0 Å². The highest BCUT2D eigenvalue weighted by Gasteiger charge is 2.44. The number of carbonyl (C=O) groups is 13. The second kappa shape index (κ2) is 36.1. The third kappa shape index (κ3) is 20.9. The number of nitrogens with one attached hydrogen (secondary N) is 8. The Morgan fingerprint density at radius 2 is 0.922 bits per heavy atom. The summed E-state index contributed by atoms with van der Waals surface area (Å²) >= 11 is 0. The van der Waals surface area contributed by atoms with Crippen LogP contribution < -0.4 is 48.3 Å². The zero-order valence-corrected chi connectivity index (χ0v) is 58.4. The fraction of sp³-hybridized carbons (Fsp3) is 0.427. The van der Waals surface area contributed by atoms with E-state index in [2.05, 4.69) is 42.5 Å². The number of aliphatic carboxylic acids is 2. The maximum Gasteiger partial charge on any atom is 0.326 e. The summed E-state index contributed by atoms with van der Waals surface area (Å²) in [6.45, 7) is 8.25. The lowest BCUT2D eigenvalue weighted by Crippen LogP contribution is -2.62. The molecule has 13 N–H and O–H groups in total. The number of nitrogens with zero attached hydrogens (tertiary/aromatic N) is 3. The number of aliphatic hydroxyl groups excluding tert-OH is 1. The number of nitrogens with two attached hydrogens (primary N) is 1. The molecule has 0 unspecified atom stereocenters. The number of amides is 11. The van der Waals surface area contributed by atoms with E-state index in [9.17, 15) is 77.6 Å². The van der Waals surface area contributed by atoms with Crippen LogP contribution in [0.1, 0.15) is 99.7 Å². The van der Waals surface area contributed by atoms with Crippen molar-refractivity contribution in [1.29, 1.82) is 0 Å². The van der Waals surface area contributed by atoms with Crippen molar-refractivity contribution >= 4 is 76.9 Å². The average molecular weight is 1420 g/mol. The lowest BCUT2D eigenvalue weighted by Gasteiger charge is -2.37. The first-order valence-electron chi connectivity index (χ1n) is 34.5. The Balaban J connectivity index is 0.915. The molecule has 28 heteroatoms. The summed E-state index contributed by atoms with van der Waals surface area (Å²) in [5.74, 6) is -13.1. The third-order valence-corrected chi connectivity index (χ3v) is 18.7. The molecule has 28 nitrogen and oxygen atoms in total. The first-order chi connectivity index (χ1) is 49.1. The lowest BCUT2D eigenvalue weighted by atomic mass is 9.92. The van der Waals surface area contributed by atoms with E-state index in [0.717, 1.165) is 23.6 Å². The van der Waals surface area contributed by atoms with Crippen LogP contribution in [0.15, 0.2) is 140 Å². The number of benzene rings is 5. The van der Waals surface area contributed by atoms with Crippen LogP contribution in [0.2, 0.25) is 0 Å². The smallest absolute Gasteiger partial charge is 0.326 e. The molecule has 0 spiro atoms. The van der Waals surface area contributed by atoms with E-state index >= 15 is 0 Å². The average Bonchev–Trinajstić information content (AvgIpc) is 1.26. The van der Waals surface area contributed by atoms with Gasteiger partial charge in [-0.1, -0.05) is 167 Å². The number of carboxylic acids is 2. The molecule has 0 aromatic heterocycles. The fourth-order valence-electron chi connectivity index (χ4n) is 12.9. The number of likely N-dealkylation sites (tertiary alicyclic amines) is 1. The Labute approximate surface area is 597 Å². The number of rotatable bonds is 31. The van der Waals surface area contributed by atoms with E-state index in [4.69, 9.17) is 5.73 Å². The normalized spacial score (nSPS) is 18.1. The summed E-state index contributed by atoms with van der Waals surface area (Å²) in [6.07, 6.45) is -2.13. The molecule has 0 bridgehead atoms. The van der Waals surface area contributed by atoms with Gasteiger partial charge in [0.05, 0.1) is 25.1 Å². The second-order valence-corrected chi connectivity index (χ2v) is 27.1. The van der Waals surface area contributed by atoms with Gasteiger partial charge in [-0.2, -0.15) is 0 Å². The van der Waals surface area contributed by atoms with E-state index in [-0.39, 0.29) is 58.2 Å². The predicted octanol–water partition coefficient (Wildman–Crippen LogP) is 0.722.